The molecule has 0 saturated heterocycles. The van der Waals surface area contributed by atoms with Crippen LogP contribution in [0.5, 0.6) is 0 Å². The average molecular weight is 226 g/mol. The van der Waals surface area contributed by atoms with Gasteiger partial charge < -0.3 is 0 Å². The fraction of sp³-hybridized carbons (Fsp3) is 0. The molecule has 0 unspecified atom stereocenters. The normalized spacial score (nSPS) is 10.1. The van der Waals surface area contributed by atoms with Gasteiger partial charge in [-0.05, 0) is 24.3 Å². The first-order valence-corrected chi connectivity index (χ1v) is 4.04. The minimum absolute atomic E-state index is 0.329. The largest absolute Gasteiger partial charge is 0.206 e. The van der Waals surface area contributed by atoms with Crippen LogP contribution in [0.1, 0.15) is 5.56 Å². The van der Waals surface area contributed by atoms with Gasteiger partial charge >= 0.3 is 0 Å². The van der Waals surface area contributed by atoms with Crippen LogP contribution in [0.25, 0.3) is 6.08 Å². The second-order valence-corrected chi connectivity index (χ2v) is 3.04. The summed E-state index contributed by atoms with van der Waals surface area (Å²) in [5, 5.41) is 8.22. The maximum Gasteiger partial charge on any atom is 0.130 e. The quantitative estimate of drug-likeness (QED) is 0.675. The van der Waals surface area contributed by atoms with Gasteiger partial charge in [0.15, 0.2) is 0 Å². The van der Waals surface area contributed by atoms with E-state index in [2.05, 4.69) is 15.9 Å². The van der Waals surface area contributed by atoms with Gasteiger partial charge in [0.05, 0.1) is 6.07 Å². The van der Waals surface area contributed by atoms with Gasteiger partial charge in [-0.25, -0.2) is 4.39 Å². The number of hydrogen-bond donors (Lipinski definition) is 0. The van der Waals surface area contributed by atoms with E-state index >= 15 is 0 Å². The Morgan fingerprint density at radius 1 is 1.50 bits per heavy atom. The highest BCUT2D eigenvalue weighted by molar-refractivity contribution is 9.10. The smallest absolute Gasteiger partial charge is 0.130 e. The van der Waals surface area contributed by atoms with Crippen LogP contribution in [0, 0.1) is 17.1 Å². The third-order valence-electron chi connectivity index (χ3n) is 1.30. The molecular weight excluding hydrogens is 221 g/mol. The molecule has 1 rings (SSSR count). The van der Waals surface area contributed by atoms with Crippen LogP contribution in [0.15, 0.2) is 28.7 Å². The Morgan fingerprint density at radius 2 is 2.25 bits per heavy atom. The minimum Gasteiger partial charge on any atom is -0.206 e. The summed E-state index contributed by atoms with van der Waals surface area (Å²) >= 11 is 3.20. The zero-order valence-electron chi connectivity index (χ0n) is 6.09. The molecule has 0 amide bonds. The molecule has 12 heavy (non-hydrogen) atoms. The average Bonchev–Trinajstić information content (AvgIpc) is 2.07. The van der Waals surface area contributed by atoms with E-state index in [-0.39, 0.29) is 5.82 Å². The van der Waals surface area contributed by atoms with Gasteiger partial charge in [0, 0.05) is 16.1 Å². The second kappa shape index (κ2) is 4.03. The Kier molecular flexibility index (Phi) is 3.01. The number of benzene rings is 1. The maximum atomic E-state index is 12.9. The van der Waals surface area contributed by atoms with E-state index in [0.717, 1.165) is 4.47 Å². The van der Waals surface area contributed by atoms with Gasteiger partial charge in [-0.2, -0.15) is 5.26 Å². The summed E-state index contributed by atoms with van der Waals surface area (Å²) in [7, 11) is 0. The van der Waals surface area contributed by atoms with Crippen molar-refractivity contribution in [2.24, 2.45) is 0 Å². The number of rotatable bonds is 1. The second-order valence-electron chi connectivity index (χ2n) is 2.13. The SMILES string of the molecule is N#CC=Cc1cc(Br)ccc1F. The molecule has 0 aliphatic heterocycles. The van der Waals surface area contributed by atoms with Crippen LogP contribution in [-0.4, -0.2) is 0 Å². The zero-order chi connectivity index (χ0) is 8.97. The number of hydrogen-bond acceptors (Lipinski definition) is 1. The monoisotopic (exact) mass is 225 g/mol. The minimum atomic E-state index is -0.329. The molecule has 0 saturated carbocycles. The molecule has 0 N–H and O–H groups in total. The number of nitriles is 1. The van der Waals surface area contributed by atoms with Gasteiger partial charge in [0.2, 0.25) is 0 Å². The van der Waals surface area contributed by atoms with Crippen molar-refractivity contribution in [1.82, 2.24) is 0 Å². The van der Waals surface area contributed by atoms with Crippen molar-refractivity contribution in [2.75, 3.05) is 0 Å². The van der Waals surface area contributed by atoms with E-state index in [1.54, 1.807) is 18.2 Å². The van der Waals surface area contributed by atoms with Crippen molar-refractivity contribution >= 4 is 22.0 Å². The fourth-order valence-electron chi connectivity index (χ4n) is 0.769. The predicted octanol–water partition coefficient (Wildman–Crippen LogP) is 3.12. The van der Waals surface area contributed by atoms with Crippen LogP contribution >= 0.6 is 15.9 Å². The number of nitrogens with zero attached hydrogens (tertiary/aromatic N) is 1. The third-order valence-corrected chi connectivity index (χ3v) is 1.79. The Labute approximate surface area is 78.3 Å². The summed E-state index contributed by atoms with van der Waals surface area (Å²) in [4.78, 5) is 0. The van der Waals surface area contributed by atoms with E-state index in [4.69, 9.17) is 5.26 Å². The lowest BCUT2D eigenvalue weighted by atomic mass is 10.2. The van der Waals surface area contributed by atoms with Gasteiger partial charge in [0.1, 0.15) is 5.82 Å². The molecule has 1 aromatic rings. The molecule has 3 heteroatoms. The molecule has 1 nitrogen and oxygen atoms in total. The van der Waals surface area contributed by atoms with Crippen LogP contribution < -0.4 is 0 Å². The first-order valence-electron chi connectivity index (χ1n) is 3.25. The third kappa shape index (κ3) is 2.18. The van der Waals surface area contributed by atoms with Crippen molar-refractivity contribution in [1.29, 1.82) is 5.26 Å². The van der Waals surface area contributed by atoms with Crippen LogP contribution in [0.4, 0.5) is 4.39 Å². The summed E-state index contributed by atoms with van der Waals surface area (Å²) in [5.74, 6) is -0.329. The lowest BCUT2D eigenvalue weighted by Gasteiger charge is -1.95. The lowest BCUT2D eigenvalue weighted by molar-refractivity contribution is 0.625. The van der Waals surface area contributed by atoms with Gasteiger partial charge in [-0.1, -0.05) is 15.9 Å². The number of halogens is 2. The van der Waals surface area contributed by atoms with Gasteiger partial charge in [0.25, 0.3) is 0 Å². The molecule has 0 spiro atoms. The molecular formula is C9H5BrFN. The zero-order valence-corrected chi connectivity index (χ0v) is 7.68. The fourth-order valence-corrected chi connectivity index (χ4v) is 1.15. The van der Waals surface area contributed by atoms with Crippen molar-refractivity contribution in [3.05, 3.63) is 40.1 Å². The van der Waals surface area contributed by atoms with E-state index in [1.807, 2.05) is 0 Å². The highest BCUT2D eigenvalue weighted by Crippen LogP contribution is 2.16. The molecule has 60 valence electrons. The van der Waals surface area contributed by atoms with E-state index in [9.17, 15) is 4.39 Å². The van der Waals surface area contributed by atoms with Gasteiger partial charge in [-0.3, -0.25) is 0 Å². The lowest BCUT2D eigenvalue weighted by Crippen LogP contribution is -1.80. The predicted molar refractivity (Wildman–Crippen MR) is 48.7 cm³/mol. The van der Waals surface area contributed by atoms with Crippen LogP contribution in [-0.2, 0) is 0 Å². The topological polar surface area (TPSA) is 23.8 Å². The highest BCUT2D eigenvalue weighted by atomic mass is 79.9. The summed E-state index contributed by atoms with van der Waals surface area (Å²) in [6, 6.07) is 6.37. The van der Waals surface area contributed by atoms with E-state index in [1.165, 1.54) is 18.2 Å². The Morgan fingerprint density at radius 3 is 2.92 bits per heavy atom. The van der Waals surface area contributed by atoms with E-state index in [0.29, 0.717) is 5.56 Å². The summed E-state index contributed by atoms with van der Waals surface area (Å²) in [6.07, 6.45) is 2.67. The van der Waals surface area contributed by atoms with Gasteiger partial charge in [-0.15, -0.1) is 0 Å². The molecule has 0 aromatic heterocycles. The Bertz CT molecular complexity index is 352. The first-order chi connectivity index (χ1) is 5.74. The maximum absolute atomic E-state index is 12.9. The van der Waals surface area contributed by atoms with Crippen LogP contribution in [0.2, 0.25) is 0 Å². The molecule has 0 heterocycles. The molecule has 0 radical (unpaired) electrons. The highest BCUT2D eigenvalue weighted by Gasteiger charge is 1.97. The molecule has 0 aliphatic carbocycles. The van der Waals surface area contributed by atoms with E-state index < -0.39 is 0 Å². The Hall–Kier alpha value is -1.14. The summed E-state index contributed by atoms with van der Waals surface area (Å²) < 4.78 is 13.7. The summed E-state index contributed by atoms with van der Waals surface area (Å²) in [5.41, 5.74) is 0.408. The van der Waals surface area contributed by atoms with Crippen LogP contribution in [0.3, 0.4) is 0 Å². The van der Waals surface area contributed by atoms with Crippen molar-refractivity contribution < 1.29 is 4.39 Å². The first kappa shape index (κ1) is 8.95. The molecule has 0 atom stereocenters. The van der Waals surface area contributed by atoms with Crippen molar-refractivity contribution in [3.63, 3.8) is 0 Å². The molecule has 1 aromatic carbocycles. The van der Waals surface area contributed by atoms with Crippen molar-refractivity contribution in [3.8, 4) is 6.07 Å². The standard InChI is InChI=1S/C9H5BrFN/c10-8-3-4-9(11)7(6-8)2-1-5-12/h1-4,6H. The van der Waals surface area contributed by atoms with Crippen molar-refractivity contribution in [2.45, 2.75) is 0 Å². The number of allylic oxidation sites excluding steroid dienone is 1. The molecule has 0 bridgehead atoms. The summed E-state index contributed by atoms with van der Waals surface area (Å²) in [6.45, 7) is 0. The molecule has 0 fully saturated rings. The Balaban J connectivity index is 3.07. The molecule has 0 aliphatic rings.